The van der Waals surface area contributed by atoms with Crippen LogP contribution >= 0.6 is 0 Å². The highest BCUT2D eigenvalue weighted by Crippen LogP contribution is 2.35. The Morgan fingerprint density at radius 2 is 1.97 bits per heavy atom. The molecule has 0 N–H and O–H groups in total. The summed E-state index contributed by atoms with van der Waals surface area (Å²) in [6.07, 6.45) is 1.75. The standard InChI is InChI=1S/C22H22N4O4/c1-25(17-8-5-11-26(22(17)27)16-6-3-2-4-7-16)13-20-23-21(24-30-20)15-9-10-18-19(12-15)29-14-28-18/h2-4,6-7,9-10,12,17H,5,8,11,13-14H2,1H3. The molecule has 0 aliphatic carbocycles. The highest BCUT2D eigenvalue weighted by molar-refractivity contribution is 5.97. The summed E-state index contributed by atoms with van der Waals surface area (Å²) in [5, 5.41) is 4.09. The SMILES string of the molecule is CN(Cc1nc(-c2ccc3c(c2)OCO3)no1)C1CCCN(c2ccccc2)C1=O. The van der Waals surface area contributed by atoms with Gasteiger partial charge in [0.05, 0.1) is 12.6 Å². The lowest BCUT2D eigenvalue weighted by atomic mass is 10.0. The van der Waals surface area contributed by atoms with Crippen molar-refractivity contribution in [2.24, 2.45) is 0 Å². The number of para-hydroxylation sites is 1. The molecule has 0 spiro atoms. The van der Waals surface area contributed by atoms with Gasteiger partial charge in [0.15, 0.2) is 11.5 Å². The van der Waals surface area contributed by atoms with E-state index in [1.54, 1.807) is 0 Å². The van der Waals surface area contributed by atoms with Crippen molar-refractivity contribution >= 4 is 11.6 Å². The molecule has 0 radical (unpaired) electrons. The highest BCUT2D eigenvalue weighted by atomic mass is 16.7. The van der Waals surface area contributed by atoms with Gasteiger partial charge in [-0.25, -0.2) is 0 Å². The third-order valence-corrected chi connectivity index (χ3v) is 5.49. The summed E-state index contributed by atoms with van der Waals surface area (Å²) in [6.45, 7) is 1.36. The molecule has 1 atom stereocenters. The summed E-state index contributed by atoms with van der Waals surface area (Å²) in [4.78, 5) is 21.4. The van der Waals surface area contributed by atoms with E-state index in [0.29, 0.717) is 29.8 Å². The molecule has 3 aromatic rings. The summed E-state index contributed by atoms with van der Waals surface area (Å²) in [5.74, 6) is 2.43. The Hall–Kier alpha value is -3.39. The molecule has 5 rings (SSSR count). The lowest BCUT2D eigenvalue weighted by molar-refractivity contribution is -0.125. The smallest absolute Gasteiger partial charge is 0.244 e. The fraction of sp³-hybridized carbons (Fsp3) is 0.318. The number of carbonyl (C=O) groups excluding carboxylic acids is 1. The van der Waals surface area contributed by atoms with Crippen LogP contribution in [-0.2, 0) is 11.3 Å². The first-order valence-electron chi connectivity index (χ1n) is 9.98. The first kappa shape index (κ1) is 18.6. The fourth-order valence-corrected chi connectivity index (χ4v) is 3.93. The number of carbonyl (C=O) groups is 1. The van der Waals surface area contributed by atoms with Gasteiger partial charge in [0.1, 0.15) is 0 Å². The normalized spacial score (nSPS) is 18.3. The lowest BCUT2D eigenvalue weighted by Crippen LogP contribution is -2.51. The Kier molecular flexibility index (Phi) is 4.84. The summed E-state index contributed by atoms with van der Waals surface area (Å²) in [6, 6.07) is 15.1. The molecule has 2 aromatic carbocycles. The van der Waals surface area contributed by atoms with Crippen LogP contribution in [-0.4, -0.2) is 47.4 Å². The molecule has 8 heteroatoms. The van der Waals surface area contributed by atoms with Crippen molar-refractivity contribution in [3.63, 3.8) is 0 Å². The number of piperidine rings is 1. The van der Waals surface area contributed by atoms with E-state index in [-0.39, 0.29) is 18.7 Å². The Morgan fingerprint density at radius 1 is 1.13 bits per heavy atom. The van der Waals surface area contributed by atoms with Gasteiger partial charge in [-0.15, -0.1) is 0 Å². The number of hydrogen-bond donors (Lipinski definition) is 0. The minimum atomic E-state index is -0.222. The zero-order chi connectivity index (χ0) is 20.5. The molecule has 1 unspecified atom stereocenters. The topological polar surface area (TPSA) is 80.9 Å². The number of hydrogen-bond acceptors (Lipinski definition) is 7. The van der Waals surface area contributed by atoms with Crippen molar-refractivity contribution in [3.05, 3.63) is 54.4 Å². The van der Waals surface area contributed by atoms with Gasteiger partial charge in [-0.05, 0) is 50.2 Å². The number of likely N-dealkylation sites (N-methyl/N-ethyl adjacent to an activating group) is 1. The zero-order valence-corrected chi connectivity index (χ0v) is 16.7. The van der Waals surface area contributed by atoms with Crippen molar-refractivity contribution in [2.45, 2.75) is 25.4 Å². The summed E-state index contributed by atoms with van der Waals surface area (Å²) < 4.78 is 16.2. The maximum absolute atomic E-state index is 13.1. The largest absolute Gasteiger partial charge is 0.454 e. The number of fused-ring (bicyclic) bond motifs is 1. The van der Waals surface area contributed by atoms with Gasteiger partial charge in [-0.1, -0.05) is 23.4 Å². The van der Waals surface area contributed by atoms with Gasteiger partial charge >= 0.3 is 0 Å². The van der Waals surface area contributed by atoms with Crippen molar-refractivity contribution in [1.82, 2.24) is 15.0 Å². The van der Waals surface area contributed by atoms with Crippen LogP contribution in [0.1, 0.15) is 18.7 Å². The molecule has 154 valence electrons. The Bertz CT molecular complexity index is 1050. The number of benzene rings is 2. The summed E-state index contributed by atoms with van der Waals surface area (Å²) in [5.41, 5.74) is 1.73. The zero-order valence-electron chi connectivity index (χ0n) is 16.7. The molecule has 30 heavy (non-hydrogen) atoms. The van der Waals surface area contributed by atoms with Gasteiger partial charge in [0.2, 0.25) is 24.4 Å². The van der Waals surface area contributed by atoms with Crippen molar-refractivity contribution < 1.29 is 18.8 Å². The summed E-state index contributed by atoms with van der Waals surface area (Å²) >= 11 is 0. The van der Waals surface area contributed by atoms with Crippen LogP contribution in [0.25, 0.3) is 11.4 Å². The number of amides is 1. The third kappa shape index (κ3) is 3.50. The van der Waals surface area contributed by atoms with Crippen LogP contribution in [0.3, 0.4) is 0 Å². The molecule has 1 fully saturated rings. The van der Waals surface area contributed by atoms with E-state index in [4.69, 9.17) is 14.0 Å². The number of anilines is 1. The average molecular weight is 406 g/mol. The molecular weight excluding hydrogens is 384 g/mol. The van der Waals surface area contributed by atoms with Crippen molar-refractivity contribution in [2.75, 3.05) is 25.3 Å². The number of aromatic nitrogens is 2. The number of nitrogens with zero attached hydrogens (tertiary/aromatic N) is 4. The minimum Gasteiger partial charge on any atom is -0.454 e. The van der Waals surface area contributed by atoms with Gasteiger partial charge < -0.3 is 18.9 Å². The third-order valence-electron chi connectivity index (χ3n) is 5.49. The van der Waals surface area contributed by atoms with Gasteiger partial charge in [0, 0.05) is 17.8 Å². The first-order chi connectivity index (χ1) is 14.7. The molecule has 1 amide bonds. The van der Waals surface area contributed by atoms with Gasteiger partial charge in [0.25, 0.3) is 0 Å². The maximum Gasteiger partial charge on any atom is 0.244 e. The quantitative estimate of drug-likeness (QED) is 0.644. The van der Waals surface area contributed by atoms with E-state index >= 15 is 0 Å². The molecule has 0 bridgehead atoms. The number of rotatable bonds is 5. The van der Waals surface area contributed by atoms with E-state index in [2.05, 4.69) is 10.1 Å². The lowest BCUT2D eigenvalue weighted by Gasteiger charge is -2.36. The number of ether oxygens (including phenoxy) is 2. The van der Waals surface area contributed by atoms with Crippen LogP contribution in [0.15, 0.2) is 53.1 Å². The van der Waals surface area contributed by atoms with Gasteiger partial charge in [-0.2, -0.15) is 4.98 Å². The second kappa shape index (κ2) is 7.79. The van der Waals surface area contributed by atoms with Gasteiger partial charge in [-0.3, -0.25) is 9.69 Å². The van der Waals surface area contributed by atoms with E-state index in [1.165, 1.54) is 0 Å². The van der Waals surface area contributed by atoms with E-state index in [1.807, 2.05) is 65.4 Å². The van der Waals surface area contributed by atoms with Crippen LogP contribution < -0.4 is 14.4 Å². The predicted molar refractivity (Wildman–Crippen MR) is 109 cm³/mol. The monoisotopic (exact) mass is 406 g/mol. The van der Waals surface area contributed by atoms with Crippen LogP contribution in [0.2, 0.25) is 0 Å². The highest BCUT2D eigenvalue weighted by Gasteiger charge is 2.33. The Labute approximate surface area is 174 Å². The Balaban J connectivity index is 1.29. The molecule has 1 aromatic heterocycles. The average Bonchev–Trinajstić information content (AvgIpc) is 3.43. The molecular formula is C22H22N4O4. The van der Waals surface area contributed by atoms with E-state index in [0.717, 1.165) is 30.6 Å². The second-order valence-electron chi connectivity index (χ2n) is 7.48. The summed E-state index contributed by atoms with van der Waals surface area (Å²) in [7, 11) is 1.92. The van der Waals surface area contributed by atoms with Crippen LogP contribution in [0.4, 0.5) is 5.69 Å². The molecule has 8 nitrogen and oxygen atoms in total. The molecule has 2 aliphatic heterocycles. The molecule has 2 aliphatic rings. The second-order valence-corrected chi connectivity index (χ2v) is 7.48. The fourth-order valence-electron chi connectivity index (χ4n) is 3.93. The maximum atomic E-state index is 13.1. The molecule has 0 saturated carbocycles. The van der Waals surface area contributed by atoms with Crippen molar-refractivity contribution in [1.29, 1.82) is 0 Å². The van der Waals surface area contributed by atoms with E-state index < -0.39 is 0 Å². The molecule has 1 saturated heterocycles. The van der Waals surface area contributed by atoms with Crippen LogP contribution in [0, 0.1) is 0 Å². The minimum absolute atomic E-state index is 0.102. The molecule has 3 heterocycles. The van der Waals surface area contributed by atoms with Crippen molar-refractivity contribution in [3.8, 4) is 22.9 Å². The van der Waals surface area contributed by atoms with Crippen LogP contribution in [0.5, 0.6) is 11.5 Å². The van der Waals surface area contributed by atoms with E-state index in [9.17, 15) is 4.79 Å². The predicted octanol–water partition coefficient (Wildman–Crippen LogP) is 3.09. The first-order valence-corrected chi connectivity index (χ1v) is 9.98. The Morgan fingerprint density at radius 3 is 2.83 bits per heavy atom.